The van der Waals surface area contributed by atoms with Gasteiger partial charge in [-0.15, -0.1) is 0 Å². The smallest absolute Gasteiger partial charge is 0.337 e. The number of aromatic nitrogens is 2. The molecule has 3 aromatic rings. The molecule has 8 heteroatoms. The second kappa shape index (κ2) is 8.31. The number of nitrogens with two attached hydrogens (primary N) is 1. The Morgan fingerprint density at radius 2 is 1.97 bits per heavy atom. The van der Waals surface area contributed by atoms with Crippen molar-refractivity contribution in [2.75, 3.05) is 27.0 Å². The number of methoxy groups -OCH3 is 1. The molecule has 3 rings (SSSR count). The maximum absolute atomic E-state index is 14.0. The Morgan fingerprint density at radius 1 is 1.28 bits per heavy atom. The van der Waals surface area contributed by atoms with Crippen molar-refractivity contribution >= 4 is 29.4 Å². The van der Waals surface area contributed by atoms with Gasteiger partial charge >= 0.3 is 5.97 Å². The van der Waals surface area contributed by atoms with Crippen LogP contribution in [0, 0.1) is 0 Å². The lowest BCUT2D eigenvalue weighted by atomic mass is 10.0. The number of allylic oxidation sites excluding steroid dienone is 1. The Hall–Kier alpha value is -2.76. The largest absolute Gasteiger partial charge is 0.465 e. The summed E-state index contributed by atoms with van der Waals surface area (Å²) < 4.78 is 32.8. The minimum Gasteiger partial charge on any atom is -0.465 e. The molecule has 0 aliphatic heterocycles. The van der Waals surface area contributed by atoms with Gasteiger partial charge in [0.15, 0.2) is 0 Å². The van der Waals surface area contributed by atoms with Crippen LogP contribution in [0.5, 0.6) is 0 Å². The van der Waals surface area contributed by atoms with Crippen LogP contribution >= 0.6 is 7.14 Å². The summed E-state index contributed by atoms with van der Waals surface area (Å²) in [6.45, 7) is 3.49. The van der Waals surface area contributed by atoms with Gasteiger partial charge in [-0.2, -0.15) is 0 Å². The molecule has 0 aliphatic rings. The van der Waals surface area contributed by atoms with Gasteiger partial charge < -0.3 is 19.6 Å². The van der Waals surface area contributed by atoms with Crippen LogP contribution < -0.4 is 11.0 Å². The number of carbonyl (C=O) groups is 1. The summed E-state index contributed by atoms with van der Waals surface area (Å²) in [4.78, 5) is 16.6. The summed E-state index contributed by atoms with van der Waals surface area (Å²) in [6, 6.07) is 10.6. The van der Waals surface area contributed by atoms with Gasteiger partial charge in [-0.25, -0.2) is 14.2 Å². The lowest BCUT2D eigenvalue weighted by Gasteiger charge is -2.11. The van der Waals surface area contributed by atoms with Crippen molar-refractivity contribution in [2.24, 2.45) is 5.73 Å². The molecule has 0 amide bonds. The van der Waals surface area contributed by atoms with E-state index in [1.165, 1.54) is 19.5 Å². The highest BCUT2D eigenvalue weighted by molar-refractivity contribution is 7.70. The predicted octanol–water partition coefficient (Wildman–Crippen LogP) is 3.55. The molecule has 1 heterocycles. The van der Waals surface area contributed by atoms with Crippen molar-refractivity contribution in [1.82, 2.24) is 9.55 Å². The summed E-state index contributed by atoms with van der Waals surface area (Å²) in [6.07, 6.45) is 2.82. The molecule has 1 aromatic heterocycles. The van der Waals surface area contributed by atoms with Gasteiger partial charge in [0.1, 0.15) is 13.0 Å². The van der Waals surface area contributed by atoms with Gasteiger partial charge in [-0.05, 0) is 37.1 Å². The zero-order valence-electron chi connectivity index (χ0n) is 16.6. The number of ether oxygens (including phenoxy) is 1. The van der Waals surface area contributed by atoms with E-state index >= 15 is 0 Å². The second-order valence-electron chi connectivity index (χ2n) is 7.04. The summed E-state index contributed by atoms with van der Waals surface area (Å²) in [7, 11) is -1.07. The first-order chi connectivity index (χ1) is 13.7. The van der Waals surface area contributed by atoms with E-state index in [1.807, 2.05) is 24.3 Å². The Labute approximate surface area is 168 Å². The molecule has 0 atom stereocenters. The number of nitrogens with zero attached hydrogens (tertiary/aromatic N) is 2. The lowest BCUT2D eigenvalue weighted by Crippen LogP contribution is -2.04. The first-order valence-corrected chi connectivity index (χ1v) is 11.6. The van der Waals surface area contributed by atoms with E-state index in [2.05, 4.69) is 4.98 Å². The second-order valence-corrected chi connectivity index (χ2v) is 10.3. The van der Waals surface area contributed by atoms with E-state index < -0.39 is 13.1 Å². The van der Waals surface area contributed by atoms with E-state index in [-0.39, 0.29) is 18.9 Å². The zero-order valence-corrected chi connectivity index (χ0v) is 17.4. The SMILES string of the molecule is COC(=O)c1cc(-c2ccc(P(C)(C)=O)cc2)c2ncn(CC(F)=CCN)c2c1. The molecule has 0 bridgehead atoms. The molecule has 0 saturated heterocycles. The van der Waals surface area contributed by atoms with Gasteiger partial charge in [0.25, 0.3) is 0 Å². The van der Waals surface area contributed by atoms with E-state index in [9.17, 15) is 13.8 Å². The maximum atomic E-state index is 14.0. The highest BCUT2D eigenvalue weighted by atomic mass is 31.2. The number of benzene rings is 2. The summed E-state index contributed by atoms with van der Waals surface area (Å²) >= 11 is 0. The Balaban J connectivity index is 2.18. The maximum Gasteiger partial charge on any atom is 0.337 e. The quantitative estimate of drug-likeness (QED) is 0.491. The Bertz CT molecular complexity index is 1130. The third kappa shape index (κ3) is 4.47. The van der Waals surface area contributed by atoms with Crippen molar-refractivity contribution in [3.05, 3.63) is 60.2 Å². The molecular formula is C21H23FN3O3P. The molecule has 152 valence electrons. The molecule has 0 unspecified atom stereocenters. The Morgan fingerprint density at radius 3 is 2.55 bits per heavy atom. The number of fused-ring (bicyclic) bond motifs is 1. The van der Waals surface area contributed by atoms with E-state index in [4.69, 9.17) is 10.5 Å². The average Bonchev–Trinajstić information content (AvgIpc) is 3.09. The number of hydrogen-bond donors (Lipinski definition) is 1. The van der Waals surface area contributed by atoms with Crippen LogP contribution in [0.25, 0.3) is 22.2 Å². The molecular weight excluding hydrogens is 392 g/mol. The van der Waals surface area contributed by atoms with Crippen molar-refractivity contribution in [3.8, 4) is 11.1 Å². The van der Waals surface area contributed by atoms with Gasteiger partial charge in [-0.3, -0.25) is 0 Å². The zero-order chi connectivity index (χ0) is 21.2. The first-order valence-electron chi connectivity index (χ1n) is 9.02. The van der Waals surface area contributed by atoms with Crippen molar-refractivity contribution in [3.63, 3.8) is 0 Å². The van der Waals surface area contributed by atoms with Crippen LogP contribution in [0.4, 0.5) is 4.39 Å². The van der Waals surface area contributed by atoms with Gasteiger partial charge in [0.2, 0.25) is 0 Å². The topological polar surface area (TPSA) is 87.2 Å². The van der Waals surface area contributed by atoms with Crippen LogP contribution in [0.2, 0.25) is 0 Å². The Kier molecular flexibility index (Phi) is 6.01. The fourth-order valence-corrected chi connectivity index (χ4v) is 3.97. The molecule has 0 spiro atoms. The summed E-state index contributed by atoms with van der Waals surface area (Å²) in [5, 5.41) is 0.765. The molecule has 0 fully saturated rings. The molecule has 0 aliphatic carbocycles. The lowest BCUT2D eigenvalue weighted by molar-refractivity contribution is 0.0601. The number of carbonyl (C=O) groups excluding carboxylic acids is 1. The molecule has 2 aromatic carbocycles. The number of imidazole rings is 1. The summed E-state index contributed by atoms with van der Waals surface area (Å²) in [5.41, 5.74) is 8.45. The normalized spacial score (nSPS) is 12.4. The first kappa shape index (κ1) is 21.0. The standard InChI is InChI=1S/C21H23FN3O3P/c1-28-21(26)15-10-18(14-4-6-17(7-5-14)29(2,3)27)20-19(11-15)25(13-24-20)12-16(22)8-9-23/h4-8,10-11,13H,9,12,23H2,1-3H3. The molecule has 2 N–H and O–H groups in total. The fraction of sp³-hybridized carbons (Fsp3) is 0.238. The average molecular weight is 415 g/mol. The minimum absolute atomic E-state index is 0.0362. The van der Waals surface area contributed by atoms with Crippen molar-refractivity contribution in [1.29, 1.82) is 0 Å². The van der Waals surface area contributed by atoms with Crippen LogP contribution in [-0.4, -0.2) is 42.5 Å². The predicted molar refractivity (Wildman–Crippen MR) is 114 cm³/mol. The third-order valence-electron chi connectivity index (χ3n) is 4.61. The minimum atomic E-state index is -2.38. The third-order valence-corrected chi connectivity index (χ3v) is 6.15. The molecule has 0 radical (unpaired) electrons. The van der Waals surface area contributed by atoms with Crippen molar-refractivity contribution < 1.29 is 18.5 Å². The number of esters is 1. The monoisotopic (exact) mass is 415 g/mol. The molecule has 6 nitrogen and oxygen atoms in total. The van der Waals surface area contributed by atoms with Gasteiger partial charge in [0, 0.05) is 17.4 Å². The van der Waals surface area contributed by atoms with E-state index in [0.717, 1.165) is 10.9 Å². The van der Waals surface area contributed by atoms with Crippen molar-refractivity contribution in [2.45, 2.75) is 6.54 Å². The van der Waals surface area contributed by atoms with Crippen LogP contribution in [-0.2, 0) is 15.8 Å². The summed E-state index contributed by atoms with van der Waals surface area (Å²) in [5.74, 6) is -0.884. The van der Waals surface area contributed by atoms with E-state index in [1.54, 1.807) is 30.0 Å². The van der Waals surface area contributed by atoms with Crippen LogP contribution in [0.3, 0.4) is 0 Å². The highest BCUT2D eigenvalue weighted by Crippen LogP contribution is 2.36. The number of halogens is 1. The number of rotatable bonds is 6. The highest BCUT2D eigenvalue weighted by Gasteiger charge is 2.17. The van der Waals surface area contributed by atoms with Gasteiger partial charge in [0.05, 0.1) is 36.6 Å². The van der Waals surface area contributed by atoms with Crippen LogP contribution in [0.15, 0.2) is 54.6 Å². The van der Waals surface area contributed by atoms with E-state index in [0.29, 0.717) is 22.2 Å². The fourth-order valence-electron chi connectivity index (χ4n) is 3.10. The van der Waals surface area contributed by atoms with Crippen LogP contribution in [0.1, 0.15) is 10.4 Å². The number of hydrogen-bond acceptors (Lipinski definition) is 5. The molecule has 29 heavy (non-hydrogen) atoms. The van der Waals surface area contributed by atoms with Gasteiger partial charge in [-0.1, -0.05) is 24.3 Å². The molecule has 0 saturated carbocycles.